The van der Waals surface area contributed by atoms with Crippen molar-refractivity contribution in [3.05, 3.63) is 21.4 Å². The number of fused-ring (bicyclic) bond motifs is 1. The Morgan fingerprint density at radius 2 is 2.03 bits per heavy atom. The van der Waals surface area contributed by atoms with E-state index in [2.05, 4.69) is 17.1 Å². The maximum Gasteiger partial charge on any atom is 0.348 e. The molecule has 4 rings (SSSR count). The molecule has 1 aromatic rings. The summed E-state index contributed by atoms with van der Waals surface area (Å²) in [7, 11) is 0. The summed E-state index contributed by atoms with van der Waals surface area (Å²) in [6, 6.07) is 1.96. The van der Waals surface area contributed by atoms with Crippen molar-refractivity contribution in [2.75, 3.05) is 39.5 Å². The van der Waals surface area contributed by atoms with E-state index in [0.717, 1.165) is 52.0 Å². The SMILES string of the molecule is CC1CCc2sc(C(=O)OCC(=O)NCC3(N4CCOCC4)CCCCC3)cc2C1. The van der Waals surface area contributed by atoms with Gasteiger partial charge in [-0.3, -0.25) is 9.69 Å². The highest BCUT2D eigenvalue weighted by atomic mass is 32.1. The zero-order valence-corrected chi connectivity index (χ0v) is 18.9. The molecule has 1 saturated heterocycles. The van der Waals surface area contributed by atoms with E-state index in [-0.39, 0.29) is 24.0 Å². The van der Waals surface area contributed by atoms with E-state index >= 15 is 0 Å². The van der Waals surface area contributed by atoms with Crippen molar-refractivity contribution in [2.45, 2.75) is 63.8 Å². The number of carbonyl (C=O) groups excluding carboxylic acids is 2. The fourth-order valence-electron chi connectivity index (χ4n) is 5.18. The van der Waals surface area contributed by atoms with Crippen LogP contribution in [0, 0.1) is 5.92 Å². The van der Waals surface area contributed by atoms with Crippen LogP contribution in [0.5, 0.6) is 0 Å². The normalized spacial score (nSPS) is 24.1. The average molecular weight is 435 g/mol. The molecule has 2 heterocycles. The summed E-state index contributed by atoms with van der Waals surface area (Å²) in [6.07, 6.45) is 9.12. The summed E-state index contributed by atoms with van der Waals surface area (Å²) in [5.41, 5.74) is 1.30. The van der Waals surface area contributed by atoms with Gasteiger partial charge < -0.3 is 14.8 Å². The minimum Gasteiger partial charge on any atom is -0.451 e. The van der Waals surface area contributed by atoms with Crippen LogP contribution in [0.3, 0.4) is 0 Å². The van der Waals surface area contributed by atoms with Gasteiger partial charge in [0.2, 0.25) is 0 Å². The third-order valence-corrected chi connectivity index (χ3v) is 8.16. The van der Waals surface area contributed by atoms with Crippen LogP contribution < -0.4 is 5.32 Å². The van der Waals surface area contributed by atoms with Crippen LogP contribution >= 0.6 is 11.3 Å². The first kappa shape index (κ1) is 21.8. The van der Waals surface area contributed by atoms with Crippen LogP contribution in [0.4, 0.5) is 0 Å². The van der Waals surface area contributed by atoms with Gasteiger partial charge in [0, 0.05) is 30.1 Å². The largest absolute Gasteiger partial charge is 0.451 e. The van der Waals surface area contributed by atoms with E-state index in [1.54, 1.807) is 0 Å². The second kappa shape index (κ2) is 9.79. The number of thiophene rings is 1. The minimum atomic E-state index is -0.377. The molecule has 1 amide bonds. The monoisotopic (exact) mass is 434 g/mol. The molecule has 2 aliphatic carbocycles. The van der Waals surface area contributed by atoms with E-state index in [1.165, 1.54) is 47.5 Å². The lowest BCUT2D eigenvalue weighted by Crippen LogP contribution is -2.59. The van der Waals surface area contributed by atoms with Gasteiger partial charge in [0.05, 0.1) is 13.2 Å². The molecule has 1 atom stereocenters. The standard InChI is InChI=1S/C23H34N2O4S/c1-17-5-6-19-18(13-17)14-20(30-19)22(27)29-15-21(26)24-16-23(7-3-2-4-8-23)25-9-11-28-12-10-25/h14,17H,2-13,15-16H2,1H3,(H,24,26). The summed E-state index contributed by atoms with van der Waals surface area (Å²) < 4.78 is 10.9. The Morgan fingerprint density at radius 3 is 2.80 bits per heavy atom. The van der Waals surface area contributed by atoms with E-state index in [1.807, 2.05) is 6.07 Å². The molecule has 7 heteroatoms. The molecule has 0 bridgehead atoms. The summed E-state index contributed by atoms with van der Waals surface area (Å²) in [5.74, 6) is 0.0783. The van der Waals surface area contributed by atoms with Crippen LogP contribution in [0.2, 0.25) is 0 Å². The molecule has 2 fully saturated rings. The van der Waals surface area contributed by atoms with E-state index in [0.29, 0.717) is 17.3 Å². The number of ether oxygens (including phenoxy) is 2. The number of esters is 1. The first-order valence-electron chi connectivity index (χ1n) is 11.4. The van der Waals surface area contributed by atoms with Gasteiger partial charge in [0.25, 0.3) is 5.91 Å². The molecule has 30 heavy (non-hydrogen) atoms. The molecule has 1 aliphatic heterocycles. The lowest BCUT2D eigenvalue weighted by Gasteiger charge is -2.48. The topological polar surface area (TPSA) is 67.9 Å². The van der Waals surface area contributed by atoms with Crippen molar-refractivity contribution in [1.82, 2.24) is 10.2 Å². The van der Waals surface area contributed by atoms with Crippen LogP contribution in [0.25, 0.3) is 0 Å². The van der Waals surface area contributed by atoms with Gasteiger partial charge in [-0.05, 0) is 49.7 Å². The van der Waals surface area contributed by atoms with Crippen molar-refractivity contribution in [2.24, 2.45) is 5.92 Å². The van der Waals surface area contributed by atoms with Crippen molar-refractivity contribution in [3.8, 4) is 0 Å². The Bertz CT molecular complexity index is 750. The highest BCUT2D eigenvalue weighted by molar-refractivity contribution is 7.14. The maximum absolute atomic E-state index is 12.5. The Kier molecular flexibility index (Phi) is 7.11. The molecule has 1 saturated carbocycles. The van der Waals surface area contributed by atoms with E-state index < -0.39 is 0 Å². The summed E-state index contributed by atoms with van der Waals surface area (Å²) in [5, 5.41) is 3.06. The number of amides is 1. The first-order valence-corrected chi connectivity index (χ1v) is 12.3. The zero-order valence-electron chi connectivity index (χ0n) is 18.0. The molecule has 3 aliphatic rings. The second-order valence-electron chi connectivity index (χ2n) is 9.14. The second-order valence-corrected chi connectivity index (χ2v) is 10.3. The van der Waals surface area contributed by atoms with E-state index in [9.17, 15) is 9.59 Å². The van der Waals surface area contributed by atoms with Crippen molar-refractivity contribution < 1.29 is 19.1 Å². The maximum atomic E-state index is 12.5. The van der Waals surface area contributed by atoms with Crippen molar-refractivity contribution >= 4 is 23.2 Å². The molecule has 0 aromatic carbocycles. The Hall–Kier alpha value is -1.44. The molecular formula is C23H34N2O4S. The molecule has 1 N–H and O–H groups in total. The molecule has 6 nitrogen and oxygen atoms in total. The summed E-state index contributed by atoms with van der Waals surface area (Å²) >= 11 is 1.53. The molecule has 1 aromatic heterocycles. The fourth-order valence-corrected chi connectivity index (χ4v) is 6.28. The van der Waals surface area contributed by atoms with E-state index in [4.69, 9.17) is 9.47 Å². The van der Waals surface area contributed by atoms with Crippen molar-refractivity contribution in [3.63, 3.8) is 0 Å². The van der Waals surface area contributed by atoms with Crippen molar-refractivity contribution in [1.29, 1.82) is 0 Å². The predicted octanol–water partition coefficient (Wildman–Crippen LogP) is 3.18. The van der Waals surface area contributed by atoms with Gasteiger partial charge >= 0.3 is 5.97 Å². The Morgan fingerprint density at radius 1 is 1.27 bits per heavy atom. The summed E-state index contributed by atoms with van der Waals surface area (Å²) in [4.78, 5) is 29.3. The number of aryl methyl sites for hydroxylation is 1. The van der Waals surface area contributed by atoms with Crippen LogP contribution in [-0.4, -0.2) is 61.8 Å². The van der Waals surface area contributed by atoms with Gasteiger partial charge in [-0.1, -0.05) is 26.2 Å². The summed E-state index contributed by atoms with van der Waals surface area (Å²) in [6.45, 7) is 6.03. The number of morpholine rings is 1. The number of nitrogens with zero attached hydrogens (tertiary/aromatic N) is 1. The fraction of sp³-hybridized carbons (Fsp3) is 0.739. The Labute approximate surface area is 183 Å². The van der Waals surface area contributed by atoms with Gasteiger partial charge in [0.1, 0.15) is 4.88 Å². The lowest BCUT2D eigenvalue weighted by molar-refractivity contribution is -0.125. The zero-order chi connectivity index (χ0) is 21.0. The van der Waals surface area contributed by atoms with Crippen LogP contribution in [0.1, 0.15) is 65.6 Å². The lowest BCUT2D eigenvalue weighted by atomic mass is 9.79. The van der Waals surface area contributed by atoms with Gasteiger partial charge in [-0.25, -0.2) is 4.79 Å². The highest BCUT2D eigenvalue weighted by Crippen LogP contribution is 2.34. The highest BCUT2D eigenvalue weighted by Gasteiger charge is 2.38. The van der Waals surface area contributed by atoms with Crippen LogP contribution in [-0.2, 0) is 27.1 Å². The first-order chi connectivity index (χ1) is 14.6. The molecule has 166 valence electrons. The number of hydrogen-bond acceptors (Lipinski definition) is 6. The molecule has 1 unspecified atom stereocenters. The number of carbonyl (C=O) groups is 2. The quantitative estimate of drug-likeness (QED) is 0.697. The third kappa shape index (κ3) is 5.06. The van der Waals surface area contributed by atoms with Gasteiger partial charge in [-0.15, -0.1) is 11.3 Å². The predicted molar refractivity (Wildman–Crippen MR) is 117 cm³/mol. The molecule has 0 radical (unpaired) electrons. The number of hydrogen-bond donors (Lipinski definition) is 1. The molecule has 0 spiro atoms. The minimum absolute atomic E-state index is 0.0190. The number of rotatable bonds is 6. The van der Waals surface area contributed by atoms with Gasteiger partial charge in [-0.2, -0.15) is 0 Å². The number of nitrogens with one attached hydrogen (secondary N) is 1. The molecular weight excluding hydrogens is 400 g/mol. The average Bonchev–Trinajstić information content (AvgIpc) is 3.20. The third-order valence-electron chi connectivity index (χ3n) is 6.95. The van der Waals surface area contributed by atoms with Gasteiger partial charge in [0.15, 0.2) is 6.61 Å². The smallest absolute Gasteiger partial charge is 0.348 e. The van der Waals surface area contributed by atoms with Crippen LogP contribution in [0.15, 0.2) is 6.07 Å². The Balaban J connectivity index is 1.28.